The number of carboxylic acid groups (broad SMARTS) is 1. The Morgan fingerprint density at radius 2 is 1.90 bits per heavy atom. The standard InChI is InChI=1S/C15H15Cl2NO3/c1-8(2)14-13(15(19)20)12(18-21-14)7-6-9-10(16)4-3-5-11(9)17/h3-5,8H,6-7H2,1-2H3,(H,19,20). The average molecular weight is 328 g/mol. The first kappa shape index (κ1) is 15.9. The van der Waals surface area contributed by atoms with Crippen molar-refractivity contribution in [3.8, 4) is 0 Å². The van der Waals surface area contributed by atoms with Crippen LogP contribution in [0, 0.1) is 0 Å². The highest BCUT2D eigenvalue weighted by Gasteiger charge is 2.24. The molecule has 0 aliphatic carbocycles. The molecule has 2 aromatic rings. The summed E-state index contributed by atoms with van der Waals surface area (Å²) in [5.41, 5.74) is 1.35. The fraction of sp³-hybridized carbons (Fsp3) is 0.333. The first-order valence-electron chi connectivity index (χ1n) is 6.56. The molecule has 0 aliphatic rings. The molecular formula is C15H15Cl2NO3. The van der Waals surface area contributed by atoms with Gasteiger partial charge in [-0.3, -0.25) is 0 Å². The highest BCUT2D eigenvalue weighted by atomic mass is 35.5. The quantitative estimate of drug-likeness (QED) is 0.872. The third-order valence-electron chi connectivity index (χ3n) is 3.20. The van der Waals surface area contributed by atoms with Gasteiger partial charge in [0, 0.05) is 16.0 Å². The molecule has 2 rings (SSSR count). The largest absolute Gasteiger partial charge is 0.477 e. The summed E-state index contributed by atoms with van der Waals surface area (Å²) in [7, 11) is 0. The highest BCUT2D eigenvalue weighted by Crippen LogP contribution is 2.28. The first-order valence-corrected chi connectivity index (χ1v) is 7.32. The van der Waals surface area contributed by atoms with E-state index >= 15 is 0 Å². The van der Waals surface area contributed by atoms with Gasteiger partial charge in [0.1, 0.15) is 5.56 Å². The van der Waals surface area contributed by atoms with Crippen molar-refractivity contribution in [2.75, 3.05) is 0 Å². The molecule has 1 aromatic heterocycles. The summed E-state index contributed by atoms with van der Waals surface area (Å²) in [5.74, 6) is -0.677. The lowest BCUT2D eigenvalue weighted by molar-refractivity contribution is 0.0692. The molecule has 4 nitrogen and oxygen atoms in total. The van der Waals surface area contributed by atoms with E-state index in [0.29, 0.717) is 34.3 Å². The Kier molecular flexibility index (Phi) is 4.91. The van der Waals surface area contributed by atoms with Crippen molar-refractivity contribution in [3.63, 3.8) is 0 Å². The van der Waals surface area contributed by atoms with E-state index in [-0.39, 0.29) is 11.5 Å². The van der Waals surface area contributed by atoms with Crippen LogP contribution < -0.4 is 0 Å². The zero-order valence-electron chi connectivity index (χ0n) is 11.7. The van der Waals surface area contributed by atoms with E-state index in [9.17, 15) is 9.90 Å². The Balaban J connectivity index is 2.27. The second kappa shape index (κ2) is 6.50. The number of carbonyl (C=O) groups is 1. The number of hydrogen-bond acceptors (Lipinski definition) is 3. The Morgan fingerprint density at radius 3 is 2.43 bits per heavy atom. The van der Waals surface area contributed by atoms with Crippen molar-refractivity contribution >= 4 is 29.2 Å². The van der Waals surface area contributed by atoms with Gasteiger partial charge in [0.2, 0.25) is 0 Å². The van der Waals surface area contributed by atoms with E-state index in [0.717, 1.165) is 5.56 Å². The fourth-order valence-electron chi connectivity index (χ4n) is 2.15. The number of aryl methyl sites for hydroxylation is 1. The van der Waals surface area contributed by atoms with Crippen molar-refractivity contribution in [3.05, 3.63) is 50.8 Å². The number of aromatic carboxylic acids is 1. The Labute approximate surface area is 132 Å². The summed E-state index contributed by atoms with van der Waals surface area (Å²) in [5, 5.41) is 14.4. The van der Waals surface area contributed by atoms with Crippen LogP contribution in [-0.4, -0.2) is 16.2 Å². The van der Waals surface area contributed by atoms with Gasteiger partial charge in [-0.25, -0.2) is 4.79 Å². The van der Waals surface area contributed by atoms with E-state index in [4.69, 9.17) is 27.7 Å². The van der Waals surface area contributed by atoms with E-state index in [1.165, 1.54) is 0 Å². The number of aromatic nitrogens is 1. The molecule has 0 radical (unpaired) electrons. The number of nitrogens with zero attached hydrogens (tertiary/aromatic N) is 1. The molecule has 0 amide bonds. The summed E-state index contributed by atoms with van der Waals surface area (Å²) >= 11 is 12.2. The summed E-state index contributed by atoms with van der Waals surface area (Å²) < 4.78 is 5.17. The van der Waals surface area contributed by atoms with Crippen LogP contribution in [0.5, 0.6) is 0 Å². The molecule has 0 saturated heterocycles. The summed E-state index contributed by atoms with van der Waals surface area (Å²) in [6.07, 6.45) is 0.907. The summed E-state index contributed by atoms with van der Waals surface area (Å²) in [6, 6.07) is 5.27. The van der Waals surface area contributed by atoms with Crippen LogP contribution >= 0.6 is 23.2 Å². The van der Waals surface area contributed by atoms with Gasteiger partial charge in [0.05, 0.1) is 5.69 Å². The lowest BCUT2D eigenvalue weighted by Gasteiger charge is -2.06. The SMILES string of the molecule is CC(C)c1onc(CCc2c(Cl)cccc2Cl)c1C(=O)O. The molecule has 0 unspecified atom stereocenters. The topological polar surface area (TPSA) is 63.3 Å². The van der Waals surface area contributed by atoms with Crippen LogP contribution in [0.15, 0.2) is 22.7 Å². The zero-order valence-corrected chi connectivity index (χ0v) is 13.2. The molecule has 112 valence electrons. The number of halogens is 2. The van der Waals surface area contributed by atoms with Gasteiger partial charge in [0.15, 0.2) is 5.76 Å². The van der Waals surface area contributed by atoms with Crippen molar-refractivity contribution in [2.24, 2.45) is 0 Å². The van der Waals surface area contributed by atoms with Crippen molar-refractivity contribution in [2.45, 2.75) is 32.6 Å². The monoisotopic (exact) mass is 327 g/mol. The molecule has 1 N–H and O–H groups in total. The zero-order chi connectivity index (χ0) is 15.6. The maximum absolute atomic E-state index is 11.4. The molecule has 0 bridgehead atoms. The van der Waals surface area contributed by atoms with Crippen LogP contribution in [-0.2, 0) is 12.8 Å². The van der Waals surface area contributed by atoms with E-state index < -0.39 is 5.97 Å². The third-order valence-corrected chi connectivity index (χ3v) is 3.91. The molecule has 1 aromatic carbocycles. The van der Waals surface area contributed by atoms with Crippen LogP contribution in [0.25, 0.3) is 0 Å². The van der Waals surface area contributed by atoms with Gasteiger partial charge in [-0.2, -0.15) is 0 Å². The van der Waals surface area contributed by atoms with Gasteiger partial charge < -0.3 is 9.63 Å². The predicted molar refractivity (Wildman–Crippen MR) is 81.4 cm³/mol. The van der Waals surface area contributed by atoms with Crippen molar-refractivity contribution < 1.29 is 14.4 Å². The second-order valence-electron chi connectivity index (χ2n) is 5.03. The number of hydrogen-bond donors (Lipinski definition) is 1. The molecule has 0 aliphatic heterocycles. The Morgan fingerprint density at radius 1 is 1.29 bits per heavy atom. The lowest BCUT2D eigenvalue weighted by atomic mass is 10.0. The van der Waals surface area contributed by atoms with Gasteiger partial charge in [-0.1, -0.05) is 48.3 Å². The number of benzene rings is 1. The van der Waals surface area contributed by atoms with Crippen molar-refractivity contribution in [1.29, 1.82) is 0 Å². The summed E-state index contributed by atoms with van der Waals surface area (Å²) in [6.45, 7) is 3.73. The maximum atomic E-state index is 11.4. The molecule has 0 atom stereocenters. The van der Waals surface area contributed by atoms with E-state index in [1.54, 1.807) is 18.2 Å². The molecule has 0 saturated carbocycles. The predicted octanol–water partition coefficient (Wildman–Crippen LogP) is 4.59. The number of carboxylic acids is 1. The van der Waals surface area contributed by atoms with Crippen molar-refractivity contribution in [1.82, 2.24) is 5.16 Å². The molecule has 6 heteroatoms. The van der Waals surface area contributed by atoms with Crippen LogP contribution in [0.3, 0.4) is 0 Å². The molecule has 0 spiro atoms. The van der Waals surface area contributed by atoms with Crippen LogP contribution in [0.1, 0.15) is 47.1 Å². The van der Waals surface area contributed by atoms with E-state index in [1.807, 2.05) is 13.8 Å². The minimum atomic E-state index is -1.03. The molecule has 21 heavy (non-hydrogen) atoms. The van der Waals surface area contributed by atoms with Crippen LogP contribution in [0.4, 0.5) is 0 Å². The van der Waals surface area contributed by atoms with Gasteiger partial charge in [-0.05, 0) is 30.5 Å². The second-order valence-corrected chi connectivity index (χ2v) is 5.84. The lowest BCUT2D eigenvalue weighted by Crippen LogP contribution is -2.06. The Hall–Kier alpha value is -1.52. The molecule has 1 heterocycles. The fourth-order valence-corrected chi connectivity index (χ4v) is 2.73. The smallest absolute Gasteiger partial charge is 0.341 e. The average Bonchev–Trinajstić information content (AvgIpc) is 2.82. The van der Waals surface area contributed by atoms with E-state index in [2.05, 4.69) is 5.16 Å². The van der Waals surface area contributed by atoms with Gasteiger partial charge >= 0.3 is 5.97 Å². The third kappa shape index (κ3) is 3.39. The summed E-state index contributed by atoms with van der Waals surface area (Å²) in [4.78, 5) is 11.4. The minimum Gasteiger partial charge on any atom is -0.477 e. The molecule has 0 fully saturated rings. The van der Waals surface area contributed by atoms with Gasteiger partial charge in [-0.15, -0.1) is 0 Å². The minimum absolute atomic E-state index is 0.0405. The first-order chi connectivity index (χ1) is 9.91. The van der Waals surface area contributed by atoms with Gasteiger partial charge in [0.25, 0.3) is 0 Å². The highest BCUT2D eigenvalue weighted by molar-refractivity contribution is 6.35. The maximum Gasteiger partial charge on any atom is 0.341 e. The normalized spacial score (nSPS) is 11.1. The molecular weight excluding hydrogens is 313 g/mol. The number of rotatable bonds is 5. The Bertz CT molecular complexity index is 645. The van der Waals surface area contributed by atoms with Crippen LogP contribution in [0.2, 0.25) is 10.0 Å².